The third-order valence-corrected chi connectivity index (χ3v) is 2.81. The predicted molar refractivity (Wildman–Crippen MR) is 67.5 cm³/mol. The number of hydrogen-bond donors (Lipinski definition) is 1. The number of ether oxygens (including phenoxy) is 1. The van der Waals surface area contributed by atoms with Crippen LogP contribution in [0.2, 0.25) is 0 Å². The van der Waals surface area contributed by atoms with E-state index in [1.54, 1.807) is 0 Å². The van der Waals surface area contributed by atoms with E-state index in [-0.39, 0.29) is 6.10 Å². The molecule has 0 saturated carbocycles. The molecule has 1 rings (SSSR count). The zero-order valence-electron chi connectivity index (χ0n) is 9.51. The molecule has 0 aromatic heterocycles. The molecular formula is C12H18BrNO. The van der Waals surface area contributed by atoms with E-state index in [9.17, 15) is 0 Å². The van der Waals surface area contributed by atoms with Gasteiger partial charge in [-0.25, -0.2) is 0 Å². The summed E-state index contributed by atoms with van der Waals surface area (Å²) in [5, 5.41) is 3.14. The predicted octanol–water partition coefficient (Wildman–Crippen LogP) is 3.13. The van der Waals surface area contributed by atoms with Gasteiger partial charge in [0.2, 0.25) is 0 Å². The average Bonchev–Trinajstić information content (AvgIpc) is 2.21. The van der Waals surface area contributed by atoms with Gasteiger partial charge in [-0.1, -0.05) is 22.9 Å². The molecule has 0 saturated heterocycles. The molecule has 1 aromatic carbocycles. The molecule has 0 aliphatic carbocycles. The Morgan fingerprint density at radius 3 is 2.73 bits per heavy atom. The molecule has 0 bridgehead atoms. The maximum Gasteiger partial charge on any atom is 0.122 e. The number of benzene rings is 1. The quantitative estimate of drug-likeness (QED) is 0.889. The maximum absolute atomic E-state index is 5.91. The minimum absolute atomic E-state index is 0.245. The van der Waals surface area contributed by atoms with Crippen LogP contribution in [-0.2, 0) is 0 Å². The molecule has 0 aliphatic heterocycles. The van der Waals surface area contributed by atoms with Crippen LogP contribution in [0.5, 0.6) is 5.75 Å². The van der Waals surface area contributed by atoms with Gasteiger partial charge in [0.25, 0.3) is 0 Å². The van der Waals surface area contributed by atoms with Gasteiger partial charge in [-0.2, -0.15) is 0 Å². The van der Waals surface area contributed by atoms with Crippen LogP contribution in [0.15, 0.2) is 22.7 Å². The molecule has 0 fully saturated rings. The number of aryl methyl sites for hydroxylation is 1. The van der Waals surface area contributed by atoms with Crippen molar-refractivity contribution in [2.24, 2.45) is 0 Å². The van der Waals surface area contributed by atoms with E-state index < -0.39 is 0 Å². The molecule has 3 heteroatoms. The molecule has 84 valence electrons. The zero-order chi connectivity index (χ0) is 11.3. The lowest BCUT2D eigenvalue weighted by molar-refractivity contribution is 0.195. The lowest BCUT2D eigenvalue weighted by Crippen LogP contribution is -2.28. The summed E-state index contributed by atoms with van der Waals surface area (Å²) in [6, 6.07) is 6.09. The van der Waals surface area contributed by atoms with E-state index in [0.717, 1.165) is 23.2 Å². The van der Waals surface area contributed by atoms with Gasteiger partial charge in [0.15, 0.2) is 0 Å². The van der Waals surface area contributed by atoms with Crippen molar-refractivity contribution in [2.75, 3.05) is 13.6 Å². The van der Waals surface area contributed by atoms with Gasteiger partial charge >= 0.3 is 0 Å². The fourth-order valence-electron chi connectivity index (χ4n) is 1.42. The van der Waals surface area contributed by atoms with Crippen LogP contribution in [-0.4, -0.2) is 19.7 Å². The number of nitrogens with one attached hydrogen (secondary N) is 1. The van der Waals surface area contributed by atoms with Crippen LogP contribution in [0, 0.1) is 6.92 Å². The van der Waals surface area contributed by atoms with Gasteiger partial charge in [-0.05, 0) is 44.2 Å². The first-order valence-electron chi connectivity index (χ1n) is 5.24. The molecule has 0 spiro atoms. The van der Waals surface area contributed by atoms with Crippen LogP contribution >= 0.6 is 15.9 Å². The van der Waals surface area contributed by atoms with Crippen molar-refractivity contribution in [1.82, 2.24) is 5.32 Å². The Hall–Kier alpha value is -0.540. The van der Waals surface area contributed by atoms with Crippen molar-refractivity contribution in [3.63, 3.8) is 0 Å². The lowest BCUT2D eigenvalue weighted by Gasteiger charge is -2.18. The normalized spacial score (nSPS) is 12.5. The van der Waals surface area contributed by atoms with Gasteiger partial charge in [0, 0.05) is 11.0 Å². The van der Waals surface area contributed by atoms with Gasteiger partial charge in [-0.3, -0.25) is 0 Å². The minimum Gasteiger partial charge on any atom is -0.489 e. The molecule has 2 nitrogen and oxygen atoms in total. The molecule has 1 unspecified atom stereocenters. The molecule has 0 heterocycles. The van der Waals surface area contributed by atoms with Gasteiger partial charge in [0.05, 0.1) is 0 Å². The third-order valence-electron chi connectivity index (χ3n) is 2.32. The Morgan fingerprint density at radius 1 is 1.47 bits per heavy atom. The number of hydrogen-bond acceptors (Lipinski definition) is 2. The van der Waals surface area contributed by atoms with Crippen molar-refractivity contribution >= 4 is 15.9 Å². The van der Waals surface area contributed by atoms with Crippen LogP contribution < -0.4 is 10.1 Å². The molecule has 0 amide bonds. The van der Waals surface area contributed by atoms with E-state index in [1.165, 1.54) is 5.56 Å². The topological polar surface area (TPSA) is 21.3 Å². The van der Waals surface area contributed by atoms with Crippen LogP contribution in [0.1, 0.15) is 18.9 Å². The Morgan fingerprint density at radius 2 is 2.20 bits per heavy atom. The maximum atomic E-state index is 5.91. The van der Waals surface area contributed by atoms with E-state index in [4.69, 9.17) is 4.74 Å². The van der Waals surface area contributed by atoms with Crippen LogP contribution in [0.4, 0.5) is 0 Å². The van der Waals surface area contributed by atoms with Crippen molar-refractivity contribution in [2.45, 2.75) is 26.4 Å². The average molecular weight is 272 g/mol. The SMILES string of the molecule is CCC(CNC)Oc1ccc(Br)cc1C. The molecule has 15 heavy (non-hydrogen) atoms. The first kappa shape index (κ1) is 12.5. The summed E-state index contributed by atoms with van der Waals surface area (Å²) in [5.74, 6) is 0.973. The molecule has 1 atom stereocenters. The summed E-state index contributed by atoms with van der Waals surface area (Å²) < 4.78 is 7.00. The van der Waals surface area contributed by atoms with Gasteiger partial charge < -0.3 is 10.1 Å². The fourth-order valence-corrected chi connectivity index (χ4v) is 1.90. The summed E-state index contributed by atoms with van der Waals surface area (Å²) >= 11 is 3.44. The summed E-state index contributed by atoms with van der Waals surface area (Å²) in [4.78, 5) is 0. The fraction of sp³-hybridized carbons (Fsp3) is 0.500. The second kappa shape index (κ2) is 6.13. The number of likely N-dealkylation sites (N-methyl/N-ethyl adjacent to an activating group) is 1. The molecule has 0 radical (unpaired) electrons. The highest BCUT2D eigenvalue weighted by atomic mass is 79.9. The second-order valence-electron chi connectivity index (χ2n) is 3.62. The number of rotatable bonds is 5. The Bertz CT molecular complexity index is 314. The van der Waals surface area contributed by atoms with E-state index in [2.05, 4.69) is 41.2 Å². The van der Waals surface area contributed by atoms with Crippen molar-refractivity contribution in [1.29, 1.82) is 0 Å². The Kier molecular flexibility index (Phi) is 5.12. The first-order chi connectivity index (χ1) is 7.17. The molecular weight excluding hydrogens is 254 g/mol. The van der Waals surface area contributed by atoms with Crippen LogP contribution in [0.25, 0.3) is 0 Å². The third kappa shape index (κ3) is 3.84. The van der Waals surface area contributed by atoms with Gasteiger partial charge in [-0.15, -0.1) is 0 Å². The summed E-state index contributed by atoms with van der Waals surface area (Å²) in [6.45, 7) is 5.08. The Labute approximate surface area is 100 Å². The molecule has 0 aliphatic rings. The van der Waals surface area contributed by atoms with Gasteiger partial charge in [0.1, 0.15) is 11.9 Å². The lowest BCUT2D eigenvalue weighted by atomic mass is 10.2. The van der Waals surface area contributed by atoms with E-state index in [1.807, 2.05) is 19.2 Å². The number of halogens is 1. The van der Waals surface area contributed by atoms with Crippen molar-refractivity contribution < 1.29 is 4.74 Å². The summed E-state index contributed by atoms with van der Waals surface area (Å²) in [5.41, 5.74) is 1.17. The highest BCUT2D eigenvalue weighted by Crippen LogP contribution is 2.23. The summed E-state index contributed by atoms with van der Waals surface area (Å²) in [6.07, 6.45) is 1.26. The van der Waals surface area contributed by atoms with E-state index in [0.29, 0.717) is 0 Å². The Balaban J connectivity index is 2.70. The molecule has 1 N–H and O–H groups in total. The standard InChI is InChI=1S/C12H18BrNO/c1-4-11(8-14-3)15-12-6-5-10(13)7-9(12)2/h5-7,11,14H,4,8H2,1-3H3. The highest BCUT2D eigenvalue weighted by molar-refractivity contribution is 9.10. The molecule has 1 aromatic rings. The van der Waals surface area contributed by atoms with Crippen LogP contribution in [0.3, 0.4) is 0 Å². The van der Waals surface area contributed by atoms with Crippen molar-refractivity contribution in [3.05, 3.63) is 28.2 Å². The highest BCUT2D eigenvalue weighted by Gasteiger charge is 2.08. The smallest absolute Gasteiger partial charge is 0.122 e. The largest absolute Gasteiger partial charge is 0.489 e. The van der Waals surface area contributed by atoms with Crippen molar-refractivity contribution in [3.8, 4) is 5.75 Å². The zero-order valence-corrected chi connectivity index (χ0v) is 11.1. The first-order valence-corrected chi connectivity index (χ1v) is 6.04. The minimum atomic E-state index is 0.245. The second-order valence-corrected chi connectivity index (χ2v) is 4.53. The van der Waals surface area contributed by atoms with E-state index >= 15 is 0 Å². The monoisotopic (exact) mass is 271 g/mol. The summed E-state index contributed by atoms with van der Waals surface area (Å²) in [7, 11) is 1.94.